The van der Waals surface area contributed by atoms with Crippen molar-refractivity contribution in [2.24, 2.45) is 4.40 Å². The molecule has 6 nitrogen and oxygen atoms in total. The van der Waals surface area contributed by atoms with Gasteiger partial charge < -0.3 is 10.2 Å². The van der Waals surface area contributed by atoms with E-state index in [0.29, 0.717) is 17.3 Å². The summed E-state index contributed by atoms with van der Waals surface area (Å²) < 4.78 is 28.6. The summed E-state index contributed by atoms with van der Waals surface area (Å²) in [5.41, 5.74) is 1.26. The van der Waals surface area contributed by atoms with Crippen LogP contribution < -0.4 is 10.2 Å². The molecule has 0 spiro atoms. The smallest absolute Gasteiger partial charge is 0.287 e. The van der Waals surface area contributed by atoms with Crippen LogP contribution in [0.5, 0.6) is 0 Å². The molecule has 2 heterocycles. The Balaban J connectivity index is 2.07. The van der Waals surface area contributed by atoms with Crippen molar-refractivity contribution < 1.29 is 8.42 Å². The second-order valence-electron chi connectivity index (χ2n) is 4.61. The SMILES string of the molecule is CCN(C1=NS(=O)(=O)c2cc(Cl)ccc2N1)c1ccncc1. The maximum Gasteiger partial charge on any atom is 0.287 e. The highest BCUT2D eigenvalue weighted by Gasteiger charge is 2.27. The summed E-state index contributed by atoms with van der Waals surface area (Å²) >= 11 is 5.87. The maximum absolute atomic E-state index is 12.4. The van der Waals surface area contributed by atoms with Crippen molar-refractivity contribution in [3.05, 3.63) is 47.7 Å². The molecule has 1 aliphatic rings. The molecule has 8 heteroatoms. The van der Waals surface area contributed by atoms with Gasteiger partial charge in [0.2, 0.25) is 5.96 Å². The first-order valence-electron chi connectivity index (χ1n) is 6.60. The van der Waals surface area contributed by atoms with Crippen LogP contribution in [0.2, 0.25) is 5.02 Å². The lowest BCUT2D eigenvalue weighted by molar-refractivity contribution is 0.597. The fraction of sp³-hybridized carbons (Fsp3) is 0.143. The Labute approximate surface area is 133 Å². The van der Waals surface area contributed by atoms with Crippen LogP contribution in [0.3, 0.4) is 0 Å². The van der Waals surface area contributed by atoms with Crippen LogP contribution in [-0.2, 0) is 10.0 Å². The molecule has 1 aromatic carbocycles. The third-order valence-electron chi connectivity index (χ3n) is 3.22. The number of guanidine groups is 1. The van der Waals surface area contributed by atoms with Crippen molar-refractivity contribution in [2.45, 2.75) is 11.8 Å². The molecule has 22 heavy (non-hydrogen) atoms. The van der Waals surface area contributed by atoms with Crippen LogP contribution in [0, 0.1) is 0 Å². The number of nitrogens with one attached hydrogen (secondary N) is 1. The maximum atomic E-state index is 12.4. The van der Waals surface area contributed by atoms with E-state index in [1.165, 1.54) is 6.07 Å². The molecule has 0 amide bonds. The van der Waals surface area contributed by atoms with E-state index in [4.69, 9.17) is 11.6 Å². The lowest BCUT2D eigenvalue weighted by Crippen LogP contribution is -2.39. The molecule has 0 fully saturated rings. The number of nitrogens with zero attached hydrogens (tertiary/aromatic N) is 3. The fourth-order valence-electron chi connectivity index (χ4n) is 2.21. The summed E-state index contributed by atoms with van der Waals surface area (Å²) in [6.45, 7) is 2.46. The summed E-state index contributed by atoms with van der Waals surface area (Å²) in [5, 5.41) is 3.40. The van der Waals surface area contributed by atoms with Gasteiger partial charge in [-0.3, -0.25) is 4.98 Å². The Bertz CT molecular complexity index is 837. The van der Waals surface area contributed by atoms with E-state index in [0.717, 1.165) is 5.69 Å². The first kappa shape index (κ1) is 14.8. The number of aromatic nitrogens is 1. The number of anilines is 2. The number of sulfonamides is 1. The molecule has 114 valence electrons. The highest BCUT2D eigenvalue weighted by Crippen LogP contribution is 2.31. The number of hydrogen-bond donors (Lipinski definition) is 1. The summed E-state index contributed by atoms with van der Waals surface area (Å²) in [4.78, 5) is 5.80. The number of rotatable bonds is 2. The highest BCUT2D eigenvalue weighted by molar-refractivity contribution is 7.90. The van der Waals surface area contributed by atoms with E-state index in [-0.39, 0.29) is 10.9 Å². The van der Waals surface area contributed by atoms with Crippen LogP contribution in [0.25, 0.3) is 0 Å². The third-order valence-corrected chi connectivity index (χ3v) is 4.76. The first-order chi connectivity index (χ1) is 10.5. The van der Waals surface area contributed by atoms with E-state index in [1.54, 1.807) is 41.6 Å². The van der Waals surface area contributed by atoms with Crippen molar-refractivity contribution in [2.75, 3.05) is 16.8 Å². The van der Waals surface area contributed by atoms with Gasteiger partial charge in [-0.25, -0.2) is 0 Å². The first-order valence-corrected chi connectivity index (χ1v) is 8.42. The molecular weight excluding hydrogens is 324 g/mol. The Hall–Kier alpha value is -2.12. The van der Waals surface area contributed by atoms with Gasteiger partial charge in [-0.15, -0.1) is 4.40 Å². The average molecular weight is 337 g/mol. The zero-order valence-electron chi connectivity index (χ0n) is 11.7. The minimum atomic E-state index is -3.79. The molecule has 2 aromatic rings. The van der Waals surface area contributed by atoms with Gasteiger partial charge >= 0.3 is 0 Å². The monoisotopic (exact) mass is 336 g/mol. The molecule has 0 atom stereocenters. The van der Waals surface area contributed by atoms with E-state index in [2.05, 4.69) is 14.7 Å². The molecule has 0 bridgehead atoms. The second kappa shape index (κ2) is 5.58. The van der Waals surface area contributed by atoms with Crippen molar-refractivity contribution >= 4 is 39.0 Å². The zero-order valence-corrected chi connectivity index (χ0v) is 13.3. The Kier molecular flexibility index (Phi) is 3.76. The molecule has 0 radical (unpaired) electrons. The van der Waals surface area contributed by atoms with Gasteiger partial charge in [0, 0.05) is 29.6 Å². The van der Waals surface area contributed by atoms with Crippen molar-refractivity contribution in [3.8, 4) is 0 Å². The Morgan fingerprint density at radius 3 is 2.64 bits per heavy atom. The van der Waals surface area contributed by atoms with Crippen molar-refractivity contribution in [1.29, 1.82) is 0 Å². The molecule has 0 saturated carbocycles. The van der Waals surface area contributed by atoms with E-state index < -0.39 is 10.0 Å². The molecular formula is C14H13ClN4O2S. The summed E-state index contributed by atoms with van der Waals surface area (Å²) in [7, 11) is -3.79. The third kappa shape index (κ3) is 2.65. The lowest BCUT2D eigenvalue weighted by atomic mass is 10.3. The molecule has 0 aliphatic carbocycles. The number of halogens is 1. The number of pyridine rings is 1. The predicted octanol–water partition coefficient (Wildman–Crippen LogP) is 2.73. The van der Waals surface area contributed by atoms with Gasteiger partial charge in [-0.1, -0.05) is 11.6 Å². The second-order valence-corrected chi connectivity index (χ2v) is 6.61. The quantitative estimate of drug-likeness (QED) is 0.912. The zero-order chi connectivity index (χ0) is 15.7. The summed E-state index contributed by atoms with van der Waals surface area (Å²) in [6, 6.07) is 8.23. The van der Waals surface area contributed by atoms with Gasteiger partial charge in [0.05, 0.1) is 5.69 Å². The molecule has 0 saturated heterocycles. The fourth-order valence-corrected chi connectivity index (χ4v) is 3.59. The number of benzene rings is 1. The van der Waals surface area contributed by atoms with Crippen LogP contribution in [0.15, 0.2) is 52.0 Å². The minimum Gasteiger partial charge on any atom is -0.324 e. The standard InChI is InChI=1S/C14H13ClN4O2S/c1-2-19(11-5-7-16-8-6-11)14-17-12-4-3-10(15)9-13(12)22(20,21)18-14/h3-9H,2H2,1H3,(H,17,18). The van der Waals surface area contributed by atoms with Gasteiger partial charge in [-0.05, 0) is 37.3 Å². The molecule has 1 aromatic heterocycles. The van der Waals surface area contributed by atoms with E-state index in [9.17, 15) is 8.42 Å². The predicted molar refractivity (Wildman–Crippen MR) is 87.0 cm³/mol. The Morgan fingerprint density at radius 1 is 1.23 bits per heavy atom. The van der Waals surface area contributed by atoms with Crippen molar-refractivity contribution in [3.63, 3.8) is 0 Å². The summed E-state index contributed by atoms with van der Waals surface area (Å²) in [6.07, 6.45) is 3.28. The normalized spacial score (nSPS) is 15.5. The van der Waals surface area contributed by atoms with E-state index in [1.807, 2.05) is 6.92 Å². The molecule has 3 rings (SSSR count). The average Bonchev–Trinajstić information content (AvgIpc) is 2.49. The van der Waals surface area contributed by atoms with Crippen LogP contribution >= 0.6 is 11.6 Å². The molecule has 0 unspecified atom stereocenters. The highest BCUT2D eigenvalue weighted by atomic mass is 35.5. The van der Waals surface area contributed by atoms with Crippen molar-refractivity contribution in [1.82, 2.24) is 4.98 Å². The van der Waals surface area contributed by atoms with Gasteiger partial charge in [0.15, 0.2) is 0 Å². The van der Waals surface area contributed by atoms with Gasteiger partial charge in [-0.2, -0.15) is 8.42 Å². The van der Waals surface area contributed by atoms with Crippen LogP contribution in [-0.4, -0.2) is 25.9 Å². The number of fused-ring (bicyclic) bond motifs is 1. The number of hydrogen-bond acceptors (Lipinski definition) is 5. The molecule has 1 N–H and O–H groups in total. The van der Waals surface area contributed by atoms with Gasteiger partial charge in [0.1, 0.15) is 4.90 Å². The largest absolute Gasteiger partial charge is 0.324 e. The van der Waals surface area contributed by atoms with Crippen LogP contribution in [0.1, 0.15) is 6.92 Å². The van der Waals surface area contributed by atoms with Crippen LogP contribution in [0.4, 0.5) is 11.4 Å². The summed E-state index contributed by atoms with van der Waals surface area (Å²) in [5.74, 6) is 0.253. The lowest BCUT2D eigenvalue weighted by Gasteiger charge is -2.28. The van der Waals surface area contributed by atoms with Gasteiger partial charge in [0.25, 0.3) is 10.0 Å². The minimum absolute atomic E-state index is 0.0783. The topological polar surface area (TPSA) is 74.7 Å². The Morgan fingerprint density at radius 2 is 1.95 bits per heavy atom. The van der Waals surface area contributed by atoms with E-state index >= 15 is 0 Å². The molecule has 1 aliphatic heterocycles.